The number of nitrogens with zero attached hydrogens (tertiary/aromatic N) is 1. The normalized spacial score (nSPS) is 10.4. The van der Waals surface area contributed by atoms with Gasteiger partial charge in [0.15, 0.2) is 0 Å². The van der Waals surface area contributed by atoms with Crippen LogP contribution in [0.5, 0.6) is 0 Å². The van der Waals surface area contributed by atoms with Crippen molar-refractivity contribution in [3.05, 3.63) is 28.2 Å². The molecule has 0 heterocycles. The molecule has 6 heteroatoms. The average molecular weight is 343 g/mol. The van der Waals surface area contributed by atoms with Gasteiger partial charge in [-0.1, -0.05) is 29.8 Å². The van der Waals surface area contributed by atoms with Crippen molar-refractivity contribution in [1.82, 2.24) is 4.90 Å². The topological polar surface area (TPSA) is 69.6 Å². The van der Waals surface area contributed by atoms with Crippen LogP contribution in [0.2, 0.25) is 0 Å². The quantitative estimate of drug-likeness (QED) is 0.857. The van der Waals surface area contributed by atoms with Gasteiger partial charge in [-0.2, -0.15) is 0 Å². The highest BCUT2D eigenvalue weighted by molar-refractivity contribution is 9.10. The van der Waals surface area contributed by atoms with E-state index in [4.69, 9.17) is 5.11 Å². The zero-order valence-corrected chi connectivity index (χ0v) is 13.4. The van der Waals surface area contributed by atoms with Crippen molar-refractivity contribution in [3.63, 3.8) is 0 Å². The Hall–Kier alpha value is -1.56. The van der Waals surface area contributed by atoms with Crippen LogP contribution in [-0.4, -0.2) is 35.1 Å². The van der Waals surface area contributed by atoms with Crippen LogP contribution in [0, 0.1) is 5.92 Å². The number of anilines is 1. The zero-order chi connectivity index (χ0) is 15.3. The first-order chi connectivity index (χ1) is 9.33. The fraction of sp³-hybridized carbons (Fsp3) is 0.429. The van der Waals surface area contributed by atoms with E-state index in [-0.39, 0.29) is 11.6 Å². The molecule has 0 bridgehead atoms. The number of hydrogen-bond acceptors (Lipinski definition) is 2. The van der Waals surface area contributed by atoms with Crippen LogP contribution < -0.4 is 5.32 Å². The second-order valence-electron chi connectivity index (χ2n) is 4.90. The Bertz CT molecular complexity index is 503. The number of halogens is 1. The summed E-state index contributed by atoms with van der Waals surface area (Å²) in [5.41, 5.74) is 0.588. The maximum atomic E-state index is 12.1. The highest BCUT2D eigenvalue weighted by Gasteiger charge is 2.14. The van der Waals surface area contributed by atoms with Gasteiger partial charge in [-0.3, -0.25) is 0 Å². The molecule has 2 N–H and O–H groups in total. The van der Waals surface area contributed by atoms with Crippen molar-refractivity contribution in [2.24, 2.45) is 5.92 Å². The smallest absolute Gasteiger partial charge is 0.335 e. The molecule has 1 rings (SSSR count). The first-order valence-corrected chi connectivity index (χ1v) is 7.22. The molecule has 0 fully saturated rings. The van der Waals surface area contributed by atoms with E-state index in [2.05, 4.69) is 21.2 Å². The van der Waals surface area contributed by atoms with E-state index in [0.29, 0.717) is 29.2 Å². The first-order valence-electron chi connectivity index (χ1n) is 6.43. The van der Waals surface area contributed by atoms with Crippen LogP contribution in [0.15, 0.2) is 22.7 Å². The SMILES string of the molecule is CCN(CC(C)C)C(=O)Nc1cc(Br)cc(C(=O)O)c1. The number of carboxylic acids is 1. The second kappa shape index (κ2) is 7.28. The summed E-state index contributed by atoms with van der Waals surface area (Å²) in [5.74, 6) is -0.658. The Morgan fingerprint density at radius 1 is 1.35 bits per heavy atom. The van der Waals surface area contributed by atoms with Gasteiger partial charge in [-0.05, 0) is 31.0 Å². The van der Waals surface area contributed by atoms with Crippen LogP contribution in [0.25, 0.3) is 0 Å². The maximum absolute atomic E-state index is 12.1. The van der Waals surface area contributed by atoms with Crippen LogP contribution in [-0.2, 0) is 0 Å². The number of nitrogens with one attached hydrogen (secondary N) is 1. The Balaban J connectivity index is 2.86. The minimum atomic E-state index is -1.03. The molecule has 0 radical (unpaired) electrons. The molecule has 0 aliphatic rings. The summed E-state index contributed by atoms with van der Waals surface area (Å²) in [5, 5.41) is 11.7. The summed E-state index contributed by atoms with van der Waals surface area (Å²) in [6.45, 7) is 7.24. The lowest BCUT2D eigenvalue weighted by molar-refractivity contribution is 0.0697. The lowest BCUT2D eigenvalue weighted by Crippen LogP contribution is -2.37. The minimum absolute atomic E-state index is 0.126. The molecule has 20 heavy (non-hydrogen) atoms. The van der Waals surface area contributed by atoms with E-state index < -0.39 is 5.97 Å². The number of carboxylic acid groups (broad SMARTS) is 1. The Morgan fingerprint density at radius 3 is 2.50 bits per heavy atom. The maximum Gasteiger partial charge on any atom is 0.335 e. The van der Waals surface area contributed by atoms with Crippen molar-refractivity contribution < 1.29 is 14.7 Å². The molecule has 0 saturated heterocycles. The number of carbonyl (C=O) groups is 2. The molecule has 0 atom stereocenters. The lowest BCUT2D eigenvalue weighted by atomic mass is 10.2. The molecule has 2 amide bonds. The fourth-order valence-electron chi connectivity index (χ4n) is 1.78. The molecular weight excluding hydrogens is 324 g/mol. The summed E-state index contributed by atoms with van der Waals surface area (Å²) in [4.78, 5) is 24.8. The third-order valence-electron chi connectivity index (χ3n) is 2.65. The van der Waals surface area contributed by atoms with Crippen LogP contribution >= 0.6 is 15.9 Å². The number of urea groups is 1. The predicted molar refractivity (Wildman–Crippen MR) is 82.2 cm³/mol. The van der Waals surface area contributed by atoms with Gasteiger partial charge < -0.3 is 15.3 Å². The van der Waals surface area contributed by atoms with Crippen molar-refractivity contribution in [2.75, 3.05) is 18.4 Å². The van der Waals surface area contributed by atoms with Gasteiger partial charge in [0.2, 0.25) is 0 Å². The Labute approximate surface area is 127 Å². The third-order valence-corrected chi connectivity index (χ3v) is 3.11. The van der Waals surface area contributed by atoms with Gasteiger partial charge >= 0.3 is 12.0 Å². The van der Waals surface area contributed by atoms with Gasteiger partial charge in [0, 0.05) is 23.2 Å². The van der Waals surface area contributed by atoms with Gasteiger partial charge in [-0.25, -0.2) is 9.59 Å². The van der Waals surface area contributed by atoms with E-state index >= 15 is 0 Å². The number of aromatic carboxylic acids is 1. The van der Waals surface area contributed by atoms with E-state index in [0.717, 1.165) is 0 Å². The van der Waals surface area contributed by atoms with Crippen LogP contribution in [0.3, 0.4) is 0 Å². The standard InChI is InChI=1S/C14H19BrN2O3/c1-4-17(8-9(2)3)14(20)16-12-6-10(13(18)19)5-11(15)7-12/h5-7,9H,4,8H2,1-3H3,(H,16,20)(H,18,19). The zero-order valence-electron chi connectivity index (χ0n) is 11.8. The van der Waals surface area contributed by atoms with Gasteiger partial charge in [0.05, 0.1) is 5.56 Å². The number of amides is 2. The van der Waals surface area contributed by atoms with Gasteiger partial charge in [-0.15, -0.1) is 0 Å². The summed E-state index contributed by atoms with van der Waals surface area (Å²) >= 11 is 3.24. The van der Waals surface area contributed by atoms with Crippen LogP contribution in [0.1, 0.15) is 31.1 Å². The molecule has 110 valence electrons. The van der Waals surface area contributed by atoms with Crippen molar-refractivity contribution in [2.45, 2.75) is 20.8 Å². The molecule has 5 nitrogen and oxygen atoms in total. The Morgan fingerprint density at radius 2 is 2.00 bits per heavy atom. The van der Waals surface area contributed by atoms with Gasteiger partial charge in [0.1, 0.15) is 0 Å². The van der Waals surface area contributed by atoms with E-state index in [1.165, 1.54) is 12.1 Å². The molecule has 0 spiro atoms. The number of hydrogen-bond donors (Lipinski definition) is 2. The van der Waals surface area contributed by atoms with Crippen LogP contribution in [0.4, 0.5) is 10.5 Å². The average Bonchev–Trinajstić information content (AvgIpc) is 2.34. The summed E-state index contributed by atoms with van der Waals surface area (Å²) < 4.78 is 0.611. The molecule has 0 aromatic heterocycles. The third kappa shape index (κ3) is 4.85. The highest BCUT2D eigenvalue weighted by atomic mass is 79.9. The second-order valence-corrected chi connectivity index (χ2v) is 5.81. The first kappa shape index (κ1) is 16.5. The largest absolute Gasteiger partial charge is 0.478 e. The lowest BCUT2D eigenvalue weighted by Gasteiger charge is -2.23. The van der Waals surface area contributed by atoms with Crippen molar-refractivity contribution in [3.8, 4) is 0 Å². The summed E-state index contributed by atoms with van der Waals surface area (Å²) in [6.07, 6.45) is 0. The van der Waals surface area contributed by atoms with Crippen molar-refractivity contribution in [1.29, 1.82) is 0 Å². The highest BCUT2D eigenvalue weighted by Crippen LogP contribution is 2.20. The molecule has 0 unspecified atom stereocenters. The predicted octanol–water partition coefficient (Wildman–Crippen LogP) is 3.66. The van der Waals surface area contributed by atoms with E-state index in [1.807, 2.05) is 20.8 Å². The number of carbonyl (C=O) groups excluding carboxylic acids is 1. The van der Waals surface area contributed by atoms with E-state index in [9.17, 15) is 9.59 Å². The molecule has 0 saturated carbocycles. The van der Waals surface area contributed by atoms with E-state index in [1.54, 1.807) is 11.0 Å². The van der Waals surface area contributed by atoms with Gasteiger partial charge in [0.25, 0.3) is 0 Å². The fourth-order valence-corrected chi connectivity index (χ4v) is 2.28. The molecule has 1 aromatic rings. The molecule has 1 aromatic carbocycles. The monoisotopic (exact) mass is 342 g/mol. The summed E-state index contributed by atoms with van der Waals surface area (Å²) in [7, 11) is 0. The Kier molecular flexibility index (Phi) is 6.01. The summed E-state index contributed by atoms with van der Waals surface area (Å²) in [6, 6.07) is 4.38. The molecular formula is C14H19BrN2O3. The number of rotatable bonds is 5. The minimum Gasteiger partial charge on any atom is -0.478 e. The molecule has 0 aliphatic heterocycles. The number of benzene rings is 1. The molecule has 0 aliphatic carbocycles. The van der Waals surface area contributed by atoms with Crippen molar-refractivity contribution >= 4 is 33.6 Å².